The summed E-state index contributed by atoms with van der Waals surface area (Å²) in [4.78, 5) is 33.9. The van der Waals surface area contributed by atoms with Gasteiger partial charge in [0.2, 0.25) is 11.8 Å². The Morgan fingerprint density at radius 2 is 1.87 bits per heavy atom. The molecule has 0 unspecified atom stereocenters. The zero-order valence-electron chi connectivity index (χ0n) is 12.7. The number of ether oxygens (including phenoxy) is 1. The number of carbonyl (C=O) groups is 3. The molecule has 0 aliphatic heterocycles. The van der Waals surface area contributed by atoms with Gasteiger partial charge in [0.25, 0.3) is 0 Å². The molecule has 7 heteroatoms. The highest BCUT2D eigenvalue weighted by atomic mass is 16.5. The Morgan fingerprint density at radius 3 is 2.35 bits per heavy atom. The van der Waals surface area contributed by atoms with Crippen molar-refractivity contribution in [2.45, 2.75) is 32.1 Å². The lowest BCUT2D eigenvalue weighted by Crippen LogP contribution is -2.41. The number of carboxylic acid groups (broad SMARTS) is 1. The van der Waals surface area contributed by atoms with Crippen molar-refractivity contribution in [3.63, 3.8) is 0 Å². The van der Waals surface area contributed by atoms with E-state index in [9.17, 15) is 19.5 Å². The van der Waals surface area contributed by atoms with Gasteiger partial charge in [-0.25, -0.2) is 0 Å². The molecular weight excluding hydrogens is 300 g/mol. The molecule has 0 radical (unpaired) electrons. The minimum Gasteiger partial charge on any atom is -0.493 e. The lowest BCUT2D eigenvalue weighted by molar-refractivity contribution is -0.157. The number of nitrogens with two attached hydrogens (primary N) is 1. The summed E-state index contributed by atoms with van der Waals surface area (Å²) in [5, 5.41) is 11.9. The SMILES string of the molecule is NC(=O)CCOc1ccc(NC(=O)CC2(C(=O)O)CCC2)cc1. The molecule has 0 bridgehead atoms. The van der Waals surface area contributed by atoms with Gasteiger partial charge >= 0.3 is 5.97 Å². The predicted octanol–water partition coefficient (Wildman–Crippen LogP) is 1.52. The number of rotatable bonds is 8. The maximum Gasteiger partial charge on any atom is 0.310 e. The molecule has 1 aromatic rings. The molecule has 1 aliphatic rings. The number of amides is 2. The number of aliphatic carboxylic acids is 1. The van der Waals surface area contributed by atoms with Gasteiger partial charge in [-0.15, -0.1) is 0 Å². The smallest absolute Gasteiger partial charge is 0.310 e. The van der Waals surface area contributed by atoms with Crippen LogP contribution in [0.2, 0.25) is 0 Å². The van der Waals surface area contributed by atoms with Crippen LogP contribution in [0.4, 0.5) is 5.69 Å². The van der Waals surface area contributed by atoms with E-state index in [1.54, 1.807) is 24.3 Å². The van der Waals surface area contributed by atoms with E-state index in [1.165, 1.54) is 0 Å². The van der Waals surface area contributed by atoms with Gasteiger partial charge in [-0.1, -0.05) is 6.42 Å². The number of hydrogen-bond donors (Lipinski definition) is 3. The number of carbonyl (C=O) groups excluding carboxylic acids is 2. The molecule has 1 aromatic carbocycles. The van der Waals surface area contributed by atoms with Crippen molar-refractivity contribution in [2.24, 2.45) is 11.1 Å². The van der Waals surface area contributed by atoms with Gasteiger partial charge in [0.15, 0.2) is 0 Å². The van der Waals surface area contributed by atoms with Gasteiger partial charge in [-0.3, -0.25) is 14.4 Å². The van der Waals surface area contributed by atoms with Gasteiger partial charge in [-0.05, 0) is 37.1 Å². The van der Waals surface area contributed by atoms with Gasteiger partial charge in [0.05, 0.1) is 18.4 Å². The lowest BCUT2D eigenvalue weighted by Gasteiger charge is -2.36. The molecule has 4 N–H and O–H groups in total. The largest absolute Gasteiger partial charge is 0.493 e. The second-order valence-corrected chi connectivity index (χ2v) is 5.75. The van der Waals surface area contributed by atoms with Crippen LogP contribution >= 0.6 is 0 Å². The van der Waals surface area contributed by atoms with Crippen LogP contribution < -0.4 is 15.8 Å². The van der Waals surface area contributed by atoms with E-state index < -0.39 is 17.3 Å². The molecule has 0 heterocycles. The molecule has 2 rings (SSSR count). The molecule has 0 saturated heterocycles. The summed E-state index contributed by atoms with van der Waals surface area (Å²) in [6, 6.07) is 6.64. The van der Waals surface area contributed by atoms with Crippen LogP contribution in [0.25, 0.3) is 0 Å². The summed E-state index contributed by atoms with van der Waals surface area (Å²) in [5.41, 5.74) is 4.68. The third-order valence-corrected chi connectivity index (χ3v) is 4.02. The first-order chi connectivity index (χ1) is 10.9. The van der Waals surface area contributed by atoms with Crippen molar-refractivity contribution in [1.82, 2.24) is 0 Å². The van der Waals surface area contributed by atoms with E-state index in [0.717, 1.165) is 6.42 Å². The number of nitrogens with one attached hydrogen (secondary N) is 1. The normalized spacial score (nSPS) is 15.3. The highest BCUT2D eigenvalue weighted by Crippen LogP contribution is 2.44. The van der Waals surface area contributed by atoms with Crippen LogP contribution in [0.3, 0.4) is 0 Å². The summed E-state index contributed by atoms with van der Waals surface area (Å²) in [6.45, 7) is 0.197. The third kappa shape index (κ3) is 4.45. The first-order valence-corrected chi connectivity index (χ1v) is 7.46. The standard InChI is InChI=1S/C16H20N2O5/c17-13(19)6-9-23-12-4-2-11(3-5-12)18-14(20)10-16(15(21)22)7-1-8-16/h2-5H,1,6-10H2,(H2,17,19)(H,18,20)(H,21,22). The Labute approximate surface area is 133 Å². The zero-order valence-corrected chi connectivity index (χ0v) is 12.7. The van der Waals surface area contributed by atoms with E-state index in [-0.39, 0.29) is 25.4 Å². The molecule has 1 aliphatic carbocycles. The lowest BCUT2D eigenvalue weighted by atomic mass is 9.66. The molecule has 0 spiro atoms. The number of carboxylic acids is 1. The summed E-state index contributed by atoms with van der Waals surface area (Å²) < 4.78 is 5.32. The van der Waals surface area contributed by atoms with Crippen molar-refractivity contribution in [1.29, 1.82) is 0 Å². The molecule has 23 heavy (non-hydrogen) atoms. The Hall–Kier alpha value is -2.57. The molecule has 124 valence electrons. The zero-order chi connectivity index (χ0) is 16.9. The minimum absolute atomic E-state index is 0.0147. The van der Waals surface area contributed by atoms with Crippen LogP contribution in [-0.4, -0.2) is 29.5 Å². The fourth-order valence-corrected chi connectivity index (χ4v) is 2.49. The van der Waals surface area contributed by atoms with Crippen molar-refractivity contribution >= 4 is 23.5 Å². The van der Waals surface area contributed by atoms with Gasteiger partial charge in [0, 0.05) is 12.1 Å². The topological polar surface area (TPSA) is 119 Å². The molecular formula is C16H20N2O5. The first-order valence-electron chi connectivity index (χ1n) is 7.46. The Balaban J connectivity index is 1.84. The molecule has 1 fully saturated rings. The highest BCUT2D eigenvalue weighted by molar-refractivity contribution is 5.94. The summed E-state index contributed by atoms with van der Waals surface area (Å²) >= 11 is 0. The minimum atomic E-state index is -0.905. The summed E-state index contributed by atoms with van der Waals surface area (Å²) in [5.74, 6) is -1.09. The maximum atomic E-state index is 12.0. The van der Waals surface area contributed by atoms with Gasteiger partial charge in [-0.2, -0.15) is 0 Å². The van der Waals surface area contributed by atoms with E-state index in [4.69, 9.17) is 10.5 Å². The Bertz CT molecular complexity index is 593. The average Bonchev–Trinajstić information content (AvgIpc) is 2.44. The Morgan fingerprint density at radius 1 is 1.22 bits per heavy atom. The monoisotopic (exact) mass is 320 g/mol. The fraction of sp³-hybridized carbons (Fsp3) is 0.438. The number of primary amides is 1. The predicted molar refractivity (Wildman–Crippen MR) is 82.9 cm³/mol. The molecule has 7 nitrogen and oxygen atoms in total. The van der Waals surface area contributed by atoms with E-state index in [0.29, 0.717) is 24.3 Å². The van der Waals surface area contributed by atoms with Gasteiger partial charge < -0.3 is 20.9 Å². The average molecular weight is 320 g/mol. The Kier molecular flexibility index (Phi) is 5.20. The van der Waals surface area contributed by atoms with Crippen molar-refractivity contribution in [3.8, 4) is 5.75 Å². The molecule has 0 atom stereocenters. The number of anilines is 1. The maximum absolute atomic E-state index is 12.0. The van der Waals surface area contributed by atoms with E-state index >= 15 is 0 Å². The van der Waals surface area contributed by atoms with E-state index in [1.807, 2.05) is 0 Å². The number of benzene rings is 1. The second kappa shape index (κ2) is 7.13. The fourth-order valence-electron chi connectivity index (χ4n) is 2.49. The van der Waals surface area contributed by atoms with Gasteiger partial charge in [0.1, 0.15) is 5.75 Å². The quantitative estimate of drug-likeness (QED) is 0.671. The van der Waals surface area contributed by atoms with Crippen LogP contribution in [-0.2, 0) is 14.4 Å². The first kappa shape index (κ1) is 16.8. The van der Waals surface area contributed by atoms with Crippen LogP contribution in [0, 0.1) is 5.41 Å². The number of hydrogen-bond acceptors (Lipinski definition) is 4. The van der Waals surface area contributed by atoms with E-state index in [2.05, 4.69) is 5.32 Å². The van der Waals surface area contributed by atoms with Crippen molar-refractivity contribution in [3.05, 3.63) is 24.3 Å². The van der Waals surface area contributed by atoms with Crippen molar-refractivity contribution < 1.29 is 24.2 Å². The highest BCUT2D eigenvalue weighted by Gasteiger charge is 2.45. The summed E-state index contributed by atoms with van der Waals surface area (Å²) in [6.07, 6.45) is 2.05. The van der Waals surface area contributed by atoms with Crippen LogP contribution in [0.1, 0.15) is 32.1 Å². The van der Waals surface area contributed by atoms with Crippen LogP contribution in [0.15, 0.2) is 24.3 Å². The van der Waals surface area contributed by atoms with Crippen LogP contribution in [0.5, 0.6) is 5.75 Å². The van der Waals surface area contributed by atoms with Crippen molar-refractivity contribution in [2.75, 3.05) is 11.9 Å². The summed E-state index contributed by atoms with van der Waals surface area (Å²) in [7, 11) is 0. The molecule has 2 amide bonds. The molecule has 1 saturated carbocycles. The second-order valence-electron chi connectivity index (χ2n) is 5.75. The molecule has 0 aromatic heterocycles. The third-order valence-electron chi connectivity index (χ3n) is 4.02.